The fourth-order valence-corrected chi connectivity index (χ4v) is 3.36. The van der Waals surface area contributed by atoms with Crippen molar-refractivity contribution >= 4 is 5.91 Å². The molecule has 1 fully saturated rings. The van der Waals surface area contributed by atoms with Crippen LogP contribution in [0.1, 0.15) is 30.9 Å². The topological polar surface area (TPSA) is 38.8 Å². The monoisotopic (exact) mass is 353 g/mol. The molecule has 0 aliphatic heterocycles. The lowest BCUT2D eigenvalue weighted by atomic mass is 10.1. The first kappa shape index (κ1) is 18.3. The van der Waals surface area contributed by atoms with E-state index in [9.17, 15) is 4.79 Å². The summed E-state index contributed by atoms with van der Waals surface area (Å²) in [6.45, 7) is 2.81. The summed E-state index contributed by atoms with van der Waals surface area (Å²) in [5.41, 5.74) is 2.02. The Morgan fingerprint density at radius 1 is 1.12 bits per heavy atom. The van der Waals surface area contributed by atoms with Crippen LogP contribution in [0.4, 0.5) is 0 Å². The Morgan fingerprint density at radius 2 is 1.85 bits per heavy atom. The molecule has 0 bridgehead atoms. The predicted octanol–water partition coefficient (Wildman–Crippen LogP) is 4.07. The van der Waals surface area contributed by atoms with Gasteiger partial charge in [-0.15, -0.1) is 0 Å². The highest BCUT2D eigenvalue weighted by Gasteiger charge is 2.34. The summed E-state index contributed by atoms with van der Waals surface area (Å²) in [5.74, 6) is 2.20. The van der Waals surface area contributed by atoms with Crippen LogP contribution in [-0.2, 0) is 17.8 Å². The van der Waals surface area contributed by atoms with Crippen molar-refractivity contribution in [2.75, 3.05) is 14.2 Å². The van der Waals surface area contributed by atoms with Crippen molar-refractivity contribution in [3.8, 4) is 11.5 Å². The van der Waals surface area contributed by atoms with Gasteiger partial charge in [0, 0.05) is 18.2 Å². The second kappa shape index (κ2) is 8.26. The van der Waals surface area contributed by atoms with Crippen molar-refractivity contribution in [1.82, 2.24) is 4.90 Å². The Balaban J connectivity index is 1.81. The minimum Gasteiger partial charge on any atom is -0.497 e. The van der Waals surface area contributed by atoms with E-state index in [0.717, 1.165) is 22.6 Å². The van der Waals surface area contributed by atoms with Crippen LogP contribution in [0.5, 0.6) is 11.5 Å². The fourth-order valence-electron chi connectivity index (χ4n) is 3.36. The zero-order valence-electron chi connectivity index (χ0n) is 15.8. The van der Waals surface area contributed by atoms with E-state index in [4.69, 9.17) is 9.47 Å². The molecule has 3 rings (SSSR count). The van der Waals surface area contributed by atoms with Gasteiger partial charge in [-0.25, -0.2) is 0 Å². The van der Waals surface area contributed by atoms with E-state index in [-0.39, 0.29) is 11.9 Å². The molecule has 1 aliphatic rings. The zero-order valence-corrected chi connectivity index (χ0v) is 15.8. The molecule has 1 amide bonds. The second-order valence-corrected chi connectivity index (χ2v) is 6.94. The van der Waals surface area contributed by atoms with Gasteiger partial charge < -0.3 is 14.4 Å². The first-order valence-electron chi connectivity index (χ1n) is 9.16. The summed E-state index contributed by atoms with van der Waals surface area (Å²) < 4.78 is 10.7. The molecule has 0 N–H and O–H groups in total. The van der Waals surface area contributed by atoms with E-state index in [1.165, 1.54) is 12.8 Å². The summed E-state index contributed by atoms with van der Waals surface area (Å²) >= 11 is 0. The number of methoxy groups -OCH3 is 2. The highest BCUT2D eigenvalue weighted by Crippen LogP contribution is 2.36. The van der Waals surface area contributed by atoms with Gasteiger partial charge in [-0.2, -0.15) is 0 Å². The largest absolute Gasteiger partial charge is 0.497 e. The van der Waals surface area contributed by atoms with Crippen LogP contribution < -0.4 is 9.47 Å². The van der Waals surface area contributed by atoms with Crippen molar-refractivity contribution in [3.63, 3.8) is 0 Å². The maximum Gasteiger partial charge on any atom is 0.227 e. The Kier molecular flexibility index (Phi) is 5.82. The number of hydrogen-bond donors (Lipinski definition) is 0. The molecule has 1 aliphatic carbocycles. The van der Waals surface area contributed by atoms with E-state index < -0.39 is 0 Å². The van der Waals surface area contributed by atoms with E-state index in [0.29, 0.717) is 18.9 Å². The third-order valence-corrected chi connectivity index (χ3v) is 5.14. The third kappa shape index (κ3) is 4.37. The second-order valence-electron chi connectivity index (χ2n) is 6.94. The predicted molar refractivity (Wildman–Crippen MR) is 102 cm³/mol. The SMILES string of the molecule is COc1ccc(OC)c(CC(=O)N(Cc2ccccc2)C(C)C2CC2)c1. The number of amides is 1. The molecule has 4 nitrogen and oxygen atoms in total. The van der Waals surface area contributed by atoms with Crippen LogP contribution >= 0.6 is 0 Å². The number of benzene rings is 2. The van der Waals surface area contributed by atoms with Crippen LogP contribution in [0.15, 0.2) is 48.5 Å². The van der Waals surface area contributed by atoms with Crippen molar-refractivity contribution in [3.05, 3.63) is 59.7 Å². The van der Waals surface area contributed by atoms with Gasteiger partial charge in [0.05, 0.1) is 20.6 Å². The molecule has 1 atom stereocenters. The third-order valence-electron chi connectivity index (χ3n) is 5.14. The molecule has 0 aromatic heterocycles. The number of carbonyl (C=O) groups excluding carboxylic acids is 1. The van der Waals surface area contributed by atoms with Crippen LogP contribution in [0, 0.1) is 5.92 Å². The lowest BCUT2D eigenvalue weighted by molar-refractivity contribution is -0.133. The van der Waals surface area contributed by atoms with Gasteiger partial charge in [0.2, 0.25) is 5.91 Å². The van der Waals surface area contributed by atoms with Crippen molar-refractivity contribution in [1.29, 1.82) is 0 Å². The summed E-state index contributed by atoms with van der Waals surface area (Å²) in [6, 6.07) is 16.0. The molecule has 2 aromatic carbocycles. The molecule has 0 spiro atoms. The Hall–Kier alpha value is -2.49. The van der Waals surface area contributed by atoms with E-state index in [2.05, 4.69) is 19.1 Å². The molecule has 138 valence electrons. The highest BCUT2D eigenvalue weighted by atomic mass is 16.5. The molecule has 0 radical (unpaired) electrons. The molecule has 2 aromatic rings. The smallest absolute Gasteiger partial charge is 0.227 e. The Morgan fingerprint density at radius 3 is 2.46 bits per heavy atom. The number of hydrogen-bond acceptors (Lipinski definition) is 3. The molecule has 1 saturated carbocycles. The first-order valence-corrected chi connectivity index (χ1v) is 9.16. The van der Waals surface area contributed by atoms with Crippen molar-refractivity contribution < 1.29 is 14.3 Å². The highest BCUT2D eigenvalue weighted by molar-refractivity contribution is 5.80. The maximum absolute atomic E-state index is 13.2. The fraction of sp³-hybridized carbons (Fsp3) is 0.409. The van der Waals surface area contributed by atoms with Gasteiger partial charge in [-0.3, -0.25) is 4.79 Å². The standard InChI is InChI=1S/C22H27NO3/c1-16(18-9-10-18)23(15-17-7-5-4-6-8-17)22(24)14-19-13-20(25-2)11-12-21(19)26-3/h4-8,11-13,16,18H,9-10,14-15H2,1-3H3. The van der Waals surface area contributed by atoms with Gasteiger partial charge in [0.15, 0.2) is 0 Å². The average Bonchev–Trinajstić information content (AvgIpc) is 3.51. The van der Waals surface area contributed by atoms with Crippen LogP contribution in [-0.4, -0.2) is 31.1 Å². The molecule has 4 heteroatoms. The van der Waals surface area contributed by atoms with E-state index in [1.54, 1.807) is 14.2 Å². The number of carbonyl (C=O) groups is 1. The van der Waals surface area contributed by atoms with Crippen LogP contribution in [0.2, 0.25) is 0 Å². The minimum absolute atomic E-state index is 0.125. The van der Waals surface area contributed by atoms with Crippen molar-refractivity contribution in [2.24, 2.45) is 5.92 Å². The Bertz CT molecular complexity index is 740. The Labute approximate surface area is 155 Å². The summed E-state index contributed by atoms with van der Waals surface area (Å²) in [6.07, 6.45) is 2.73. The van der Waals surface area contributed by atoms with Gasteiger partial charge in [-0.1, -0.05) is 30.3 Å². The lowest BCUT2D eigenvalue weighted by Crippen LogP contribution is -2.40. The molecule has 26 heavy (non-hydrogen) atoms. The summed E-state index contributed by atoms with van der Waals surface area (Å²) in [4.78, 5) is 15.2. The van der Waals surface area contributed by atoms with Crippen LogP contribution in [0.25, 0.3) is 0 Å². The minimum atomic E-state index is 0.125. The number of rotatable bonds is 8. The number of nitrogens with zero attached hydrogens (tertiary/aromatic N) is 1. The van der Waals surface area contributed by atoms with Gasteiger partial charge in [0.25, 0.3) is 0 Å². The normalized spacial score (nSPS) is 14.6. The zero-order chi connectivity index (χ0) is 18.5. The average molecular weight is 353 g/mol. The summed E-state index contributed by atoms with van der Waals surface area (Å²) in [7, 11) is 3.26. The quantitative estimate of drug-likeness (QED) is 0.718. The van der Waals surface area contributed by atoms with Gasteiger partial charge >= 0.3 is 0 Å². The first-order chi connectivity index (χ1) is 12.6. The van der Waals surface area contributed by atoms with E-state index >= 15 is 0 Å². The molecule has 0 heterocycles. The molecular formula is C22H27NO3. The van der Waals surface area contributed by atoms with Crippen molar-refractivity contribution in [2.45, 2.75) is 38.8 Å². The molecule has 0 saturated heterocycles. The summed E-state index contributed by atoms with van der Waals surface area (Å²) in [5, 5.41) is 0. The van der Waals surface area contributed by atoms with E-state index in [1.807, 2.05) is 41.3 Å². The molecular weight excluding hydrogens is 326 g/mol. The molecule has 1 unspecified atom stereocenters. The number of ether oxygens (including phenoxy) is 2. The van der Waals surface area contributed by atoms with Crippen LogP contribution in [0.3, 0.4) is 0 Å². The maximum atomic E-state index is 13.2. The lowest BCUT2D eigenvalue weighted by Gasteiger charge is -2.30. The van der Waals surface area contributed by atoms with Gasteiger partial charge in [-0.05, 0) is 49.4 Å². The van der Waals surface area contributed by atoms with Gasteiger partial charge in [0.1, 0.15) is 11.5 Å².